The molecule has 0 aliphatic carbocycles. The second-order valence-electron chi connectivity index (χ2n) is 6.98. The highest BCUT2D eigenvalue weighted by atomic mass is 16.2. The average Bonchev–Trinajstić information content (AvgIpc) is 2.43. The Labute approximate surface area is 132 Å². The number of nitrogens with two attached hydrogens (primary N) is 1. The number of hydrogen-bond donors (Lipinski definition) is 3. The maximum absolute atomic E-state index is 11.9. The number of amides is 3. The predicted octanol–water partition coefficient (Wildman–Crippen LogP) is 2.08. The maximum Gasteiger partial charge on any atom is 0.314 e. The van der Waals surface area contributed by atoms with Crippen molar-refractivity contribution < 1.29 is 9.59 Å². The molecule has 0 bridgehead atoms. The van der Waals surface area contributed by atoms with Crippen molar-refractivity contribution in [1.29, 1.82) is 0 Å². The molecular formula is C17H27N3O2. The number of rotatable bonds is 6. The van der Waals surface area contributed by atoms with E-state index in [1.807, 2.05) is 12.1 Å². The van der Waals surface area contributed by atoms with Crippen molar-refractivity contribution in [3.05, 3.63) is 35.4 Å². The van der Waals surface area contributed by atoms with E-state index in [-0.39, 0.29) is 18.0 Å². The molecule has 0 aliphatic heterocycles. The molecule has 122 valence electrons. The first kappa shape index (κ1) is 18.0. The van der Waals surface area contributed by atoms with Gasteiger partial charge < -0.3 is 16.4 Å². The lowest BCUT2D eigenvalue weighted by Gasteiger charge is -2.28. The SMILES string of the molecule is Cc1ccccc1C(C)(C)CNC(=O)NCC(C)(C)C(N)=O. The molecule has 5 nitrogen and oxygen atoms in total. The molecule has 0 fully saturated rings. The van der Waals surface area contributed by atoms with Crippen molar-refractivity contribution in [2.75, 3.05) is 13.1 Å². The lowest BCUT2D eigenvalue weighted by molar-refractivity contribution is -0.125. The van der Waals surface area contributed by atoms with Crippen molar-refractivity contribution >= 4 is 11.9 Å². The van der Waals surface area contributed by atoms with Crippen molar-refractivity contribution in [3.63, 3.8) is 0 Å². The summed E-state index contributed by atoms with van der Waals surface area (Å²) < 4.78 is 0. The van der Waals surface area contributed by atoms with Crippen LogP contribution in [0.2, 0.25) is 0 Å². The molecule has 1 aromatic carbocycles. The zero-order chi connectivity index (χ0) is 17.0. The largest absolute Gasteiger partial charge is 0.369 e. The number of carbonyl (C=O) groups excluding carboxylic acids is 2. The van der Waals surface area contributed by atoms with E-state index in [0.717, 1.165) is 0 Å². The summed E-state index contributed by atoms with van der Waals surface area (Å²) in [7, 11) is 0. The Kier molecular flexibility index (Phi) is 5.58. The number of hydrogen-bond acceptors (Lipinski definition) is 2. The van der Waals surface area contributed by atoms with Crippen molar-refractivity contribution in [2.24, 2.45) is 11.1 Å². The second kappa shape index (κ2) is 6.81. The fourth-order valence-electron chi connectivity index (χ4n) is 2.18. The fraction of sp³-hybridized carbons (Fsp3) is 0.529. The van der Waals surface area contributed by atoms with Crippen LogP contribution in [0.25, 0.3) is 0 Å². The molecule has 0 aliphatic rings. The lowest BCUT2D eigenvalue weighted by Crippen LogP contribution is -2.47. The number of primary amides is 1. The first-order valence-corrected chi connectivity index (χ1v) is 7.44. The van der Waals surface area contributed by atoms with E-state index in [1.165, 1.54) is 11.1 Å². The zero-order valence-electron chi connectivity index (χ0n) is 14.1. The Morgan fingerprint density at radius 2 is 1.59 bits per heavy atom. The normalized spacial score (nSPS) is 11.9. The molecule has 1 aromatic rings. The van der Waals surface area contributed by atoms with Gasteiger partial charge in [0.2, 0.25) is 5.91 Å². The summed E-state index contributed by atoms with van der Waals surface area (Å²) in [5.41, 5.74) is 6.74. The van der Waals surface area contributed by atoms with Gasteiger partial charge in [-0.25, -0.2) is 4.79 Å². The first-order chi connectivity index (χ1) is 10.1. The predicted molar refractivity (Wildman–Crippen MR) is 88.6 cm³/mol. The highest BCUT2D eigenvalue weighted by molar-refractivity contribution is 5.81. The van der Waals surface area contributed by atoms with Crippen LogP contribution in [0.3, 0.4) is 0 Å². The molecule has 0 radical (unpaired) electrons. The van der Waals surface area contributed by atoms with Gasteiger partial charge in [-0.15, -0.1) is 0 Å². The molecule has 0 heterocycles. The first-order valence-electron chi connectivity index (χ1n) is 7.44. The van der Waals surface area contributed by atoms with Crippen LogP contribution in [0, 0.1) is 12.3 Å². The zero-order valence-corrected chi connectivity index (χ0v) is 14.1. The van der Waals surface area contributed by atoms with Gasteiger partial charge in [-0.2, -0.15) is 0 Å². The molecule has 0 saturated carbocycles. The van der Waals surface area contributed by atoms with E-state index in [4.69, 9.17) is 5.73 Å². The van der Waals surface area contributed by atoms with E-state index in [9.17, 15) is 9.59 Å². The van der Waals surface area contributed by atoms with Gasteiger partial charge in [0.1, 0.15) is 0 Å². The molecular weight excluding hydrogens is 278 g/mol. The lowest BCUT2D eigenvalue weighted by atomic mass is 9.82. The number of carbonyl (C=O) groups is 2. The number of urea groups is 1. The third-order valence-electron chi connectivity index (χ3n) is 3.92. The molecule has 4 N–H and O–H groups in total. The number of nitrogens with one attached hydrogen (secondary N) is 2. The van der Waals surface area contributed by atoms with Crippen LogP contribution >= 0.6 is 0 Å². The van der Waals surface area contributed by atoms with Crippen LogP contribution in [0.1, 0.15) is 38.8 Å². The standard InChI is InChI=1S/C17H27N3O2/c1-12-8-6-7-9-13(12)16(2,3)10-19-15(22)20-11-17(4,5)14(18)21/h6-9H,10-11H2,1-5H3,(H2,18,21)(H2,19,20,22). The van der Waals surface area contributed by atoms with Gasteiger partial charge in [-0.05, 0) is 31.9 Å². The molecule has 0 saturated heterocycles. The third kappa shape index (κ3) is 4.76. The summed E-state index contributed by atoms with van der Waals surface area (Å²) in [5.74, 6) is -0.437. The van der Waals surface area contributed by atoms with Gasteiger partial charge >= 0.3 is 6.03 Å². The molecule has 5 heteroatoms. The molecule has 0 atom stereocenters. The third-order valence-corrected chi connectivity index (χ3v) is 3.92. The maximum atomic E-state index is 11.9. The highest BCUT2D eigenvalue weighted by Gasteiger charge is 2.26. The van der Waals surface area contributed by atoms with Gasteiger partial charge in [0.05, 0.1) is 5.41 Å². The summed E-state index contributed by atoms with van der Waals surface area (Å²) in [4.78, 5) is 23.1. The molecule has 22 heavy (non-hydrogen) atoms. The summed E-state index contributed by atoms with van der Waals surface area (Å²) in [6, 6.07) is 7.84. The van der Waals surface area contributed by atoms with Gasteiger partial charge in [0, 0.05) is 18.5 Å². The molecule has 0 unspecified atom stereocenters. The molecule has 3 amide bonds. The topological polar surface area (TPSA) is 84.2 Å². The smallest absolute Gasteiger partial charge is 0.314 e. The highest BCUT2D eigenvalue weighted by Crippen LogP contribution is 2.25. The van der Waals surface area contributed by atoms with E-state index in [1.54, 1.807) is 13.8 Å². The quantitative estimate of drug-likeness (QED) is 0.752. The second-order valence-corrected chi connectivity index (χ2v) is 6.98. The molecule has 0 aromatic heterocycles. The Morgan fingerprint density at radius 3 is 2.14 bits per heavy atom. The van der Waals surface area contributed by atoms with Crippen LogP contribution < -0.4 is 16.4 Å². The van der Waals surface area contributed by atoms with Gasteiger partial charge in [-0.1, -0.05) is 38.1 Å². The monoisotopic (exact) mass is 305 g/mol. The Balaban J connectivity index is 2.57. The van der Waals surface area contributed by atoms with E-state index >= 15 is 0 Å². The fourth-order valence-corrected chi connectivity index (χ4v) is 2.18. The summed E-state index contributed by atoms with van der Waals surface area (Å²) in [6.07, 6.45) is 0. The van der Waals surface area contributed by atoms with Crippen LogP contribution in [0.4, 0.5) is 4.79 Å². The summed E-state index contributed by atoms with van der Waals surface area (Å²) in [5, 5.41) is 5.55. The van der Waals surface area contributed by atoms with Crippen molar-refractivity contribution in [3.8, 4) is 0 Å². The summed E-state index contributed by atoms with van der Waals surface area (Å²) in [6.45, 7) is 10.3. The minimum atomic E-state index is -0.761. The van der Waals surface area contributed by atoms with E-state index in [0.29, 0.717) is 6.54 Å². The van der Waals surface area contributed by atoms with Crippen LogP contribution in [0.15, 0.2) is 24.3 Å². The molecule has 1 rings (SSSR count). The van der Waals surface area contributed by atoms with Crippen LogP contribution in [-0.2, 0) is 10.2 Å². The number of benzene rings is 1. The van der Waals surface area contributed by atoms with Crippen molar-refractivity contribution in [2.45, 2.75) is 40.0 Å². The summed E-state index contributed by atoms with van der Waals surface area (Å²) >= 11 is 0. The van der Waals surface area contributed by atoms with Crippen LogP contribution in [-0.4, -0.2) is 25.0 Å². The van der Waals surface area contributed by atoms with Gasteiger partial charge in [0.15, 0.2) is 0 Å². The minimum absolute atomic E-state index is 0.179. The van der Waals surface area contributed by atoms with Gasteiger partial charge in [0.25, 0.3) is 0 Å². The van der Waals surface area contributed by atoms with Crippen LogP contribution in [0.5, 0.6) is 0 Å². The minimum Gasteiger partial charge on any atom is -0.369 e. The van der Waals surface area contributed by atoms with E-state index in [2.05, 4.69) is 43.5 Å². The number of aryl methyl sites for hydroxylation is 1. The average molecular weight is 305 g/mol. The van der Waals surface area contributed by atoms with Crippen molar-refractivity contribution in [1.82, 2.24) is 10.6 Å². The molecule has 0 spiro atoms. The van der Waals surface area contributed by atoms with E-state index < -0.39 is 11.3 Å². The van der Waals surface area contributed by atoms with Gasteiger partial charge in [-0.3, -0.25) is 4.79 Å². The Bertz CT molecular complexity index is 551. The Hall–Kier alpha value is -2.04. The Morgan fingerprint density at radius 1 is 1.05 bits per heavy atom.